The van der Waals surface area contributed by atoms with Crippen LogP contribution in [0.4, 0.5) is 4.39 Å². The lowest BCUT2D eigenvalue weighted by Gasteiger charge is -2.11. The van der Waals surface area contributed by atoms with Gasteiger partial charge in [0.15, 0.2) is 18.2 Å². The smallest absolute Gasteiger partial charge is 0.258 e. The fourth-order valence-corrected chi connectivity index (χ4v) is 2.14. The van der Waals surface area contributed by atoms with Crippen molar-refractivity contribution in [1.29, 1.82) is 0 Å². The Morgan fingerprint density at radius 1 is 1.35 bits per heavy atom. The van der Waals surface area contributed by atoms with Gasteiger partial charge in [0.2, 0.25) is 5.88 Å². The maximum atomic E-state index is 13.6. The van der Waals surface area contributed by atoms with Crippen LogP contribution < -0.4 is 14.8 Å². The van der Waals surface area contributed by atoms with Crippen LogP contribution in [0.5, 0.6) is 11.6 Å². The number of halogens is 2. The minimum absolute atomic E-state index is 0.0275. The summed E-state index contributed by atoms with van der Waals surface area (Å²) in [6.07, 6.45) is 1.62. The number of amides is 1. The fourth-order valence-electron chi connectivity index (χ4n) is 1.81. The Morgan fingerprint density at radius 3 is 2.91 bits per heavy atom. The predicted octanol–water partition coefficient (Wildman–Crippen LogP) is 3.08. The Morgan fingerprint density at radius 2 is 2.17 bits per heavy atom. The molecule has 0 fully saturated rings. The number of carbonyl (C=O) groups excluding carboxylic acids is 1. The number of hydrogen-bond acceptors (Lipinski definition) is 4. The molecule has 0 spiro atoms. The minimum Gasteiger partial charge on any atom is -0.481 e. The van der Waals surface area contributed by atoms with E-state index in [9.17, 15) is 9.18 Å². The molecule has 0 aliphatic heterocycles. The summed E-state index contributed by atoms with van der Waals surface area (Å²) in [5, 5.41) is 2.68. The zero-order chi connectivity index (χ0) is 16.7. The van der Waals surface area contributed by atoms with E-state index in [0.717, 1.165) is 5.56 Å². The Kier molecular flexibility index (Phi) is 6.34. The number of nitrogens with one attached hydrogen (secondary N) is 1. The topological polar surface area (TPSA) is 60.5 Å². The van der Waals surface area contributed by atoms with Gasteiger partial charge in [0.1, 0.15) is 0 Å². The lowest BCUT2D eigenvalue weighted by Crippen LogP contribution is -2.28. The predicted molar refractivity (Wildman–Crippen MR) is 86.8 cm³/mol. The Hall–Kier alpha value is -2.15. The maximum absolute atomic E-state index is 13.6. The van der Waals surface area contributed by atoms with Crippen LogP contribution in [-0.2, 0) is 11.3 Å². The van der Waals surface area contributed by atoms with Crippen molar-refractivity contribution >= 4 is 21.8 Å². The molecule has 0 radical (unpaired) electrons. The first kappa shape index (κ1) is 17.2. The molecule has 1 N–H and O–H groups in total. The summed E-state index contributed by atoms with van der Waals surface area (Å²) in [5.41, 5.74) is 0.762. The van der Waals surface area contributed by atoms with Gasteiger partial charge in [0.25, 0.3) is 5.91 Å². The maximum Gasteiger partial charge on any atom is 0.258 e. The van der Waals surface area contributed by atoms with Gasteiger partial charge >= 0.3 is 0 Å². The van der Waals surface area contributed by atoms with Gasteiger partial charge in [-0.2, -0.15) is 0 Å². The third kappa shape index (κ3) is 5.21. The first-order valence-electron chi connectivity index (χ1n) is 7.01. The van der Waals surface area contributed by atoms with Crippen LogP contribution in [-0.4, -0.2) is 24.1 Å². The average Bonchev–Trinajstić information content (AvgIpc) is 2.53. The Balaban J connectivity index is 1.86. The summed E-state index contributed by atoms with van der Waals surface area (Å²) >= 11 is 3.15. The van der Waals surface area contributed by atoms with E-state index < -0.39 is 5.82 Å². The second kappa shape index (κ2) is 8.47. The molecule has 2 aromatic rings. The third-order valence-electron chi connectivity index (χ3n) is 2.86. The third-order valence-corrected chi connectivity index (χ3v) is 3.35. The summed E-state index contributed by atoms with van der Waals surface area (Å²) < 4.78 is 24.7. The van der Waals surface area contributed by atoms with E-state index in [-0.39, 0.29) is 24.8 Å². The molecular formula is C16H16BrFN2O3. The van der Waals surface area contributed by atoms with Gasteiger partial charge < -0.3 is 14.8 Å². The van der Waals surface area contributed by atoms with Crippen LogP contribution in [0.3, 0.4) is 0 Å². The van der Waals surface area contributed by atoms with Crippen molar-refractivity contribution in [3.63, 3.8) is 0 Å². The van der Waals surface area contributed by atoms with Gasteiger partial charge in [0, 0.05) is 22.8 Å². The summed E-state index contributed by atoms with van der Waals surface area (Å²) in [4.78, 5) is 15.9. The van der Waals surface area contributed by atoms with Crippen LogP contribution >= 0.6 is 15.9 Å². The van der Waals surface area contributed by atoms with Gasteiger partial charge in [-0.3, -0.25) is 4.79 Å². The van der Waals surface area contributed by atoms with Gasteiger partial charge in [-0.1, -0.05) is 22.0 Å². The number of nitrogens with zero attached hydrogens (tertiary/aromatic N) is 1. The van der Waals surface area contributed by atoms with Crippen molar-refractivity contribution in [3.8, 4) is 11.6 Å². The lowest BCUT2D eigenvalue weighted by atomic mass is 10.2. The van der Waals surface area contributed by atoms with Crippen molar-refractivity contribution in [3.05, 3.63) is 52.4 Å². The van der Waals surface area contributed by atoms with Gasteiger partial charge in [-0.05, 0) is 31.2 Å². The molecule has 0 atom stereocenters. The number of pyridine rings is 1. The normalized spacial score (nSPS) is 10.2. The van der Waals surface area contributed by atoms with E-state index in [1.807, 2.05) is 13.0 Å². The summed E-state index contributed by atoms with van der Waals surface area (Å²) in [5.74, 6) is -0.383. The molecule has 23 heavy (non-hydrogen) atoms. The van der Waals surface area contributed by atoms with Crippen molar-refractivity contribution in [2.24, 2.45) is 0 Å². The fraction of sp³-hybridized carbons (Fsp3) is 0.250. The number of ether oxygens (including phenoxy) is 2. The number of hydrogen-bond donors (Lipinski definition) is 1. The van der Waals surface area contributed by atoms with Crippen LogP contribution in [0.25, 0.3) is 0 Å². The van der Waals surface area contributed by atoms with Gasteiger partial charge in [-0.15, -0.1) is 0 Å². The quantitative estimate of drug-likeness (QED) is 0.799. The molecule has 0 saturated carbocycles. The summed E-state index contributed by atoms with van der Waals surface area (Å²) in [6.45, 7) is 2.33. The first-order valence-corrected chi connectivity index (χ1v) is 7.80. The van der Waals surface area contributed by atoms with Crippen molar-refractivity contribution in [1.82, 2.24) is 10.3 Å². The van der Waals surface area contributed by atoms with E-state index in [4.69, 9.17) is 9.47 Å². The standard InChI is InChI=1S/C16H16BrFN2O3/c1-2-22-16-11(4-3-7-19-16)9-20-15(21)10-23-14-6-5-12(17)8-13(14)18/h3-8H,2,9-10H2,1H3,(H,20,21). The van der Waals surface area contributed by atoms with Gasteiger partial charge in [0.05, 0.1) is 6.61 Å². The molecular weight excluding hydrogens is 367 g/mol. The second-order valence-electron chi connectivity index (χ2n) is 4.54. The van der Waals surface area contributed by atoms with E-state index in [1.54, 1.807) is 18.3 Å². The van der Waals surface area contributed by atoms with E-state index >= 15 is 0 Å². The molecule has 1 aromatic heterocycles. The number of rotatable bonds is 7. The van der Waals surface area contributed by atoms with Crippen LogP contribution in [0.1, 0.15) is 12.5 Å². The van der Waals surface area contributed by atoms with Gasteiger partial charge in [-0.25, -0.2) is 9.37 Å². The molecule has 0 aliphatic carbocycles. The largest absolute Gasteiger partial charge is 0.481 e. The molecule has 2 rings (SSSR count). The van der Waals surface area contributed by atoms with Crippen molar-refractivity contribution < 1.29 is 18.7 Å². The number of aromatic nitrogens is 1. The SMILES string of the molecule is CCOc1ncccc1CNC(=O)COc1ccc(Br)cc1F. The molecule has 5 nitrogen and oxygen atoms in total. The van der Waals surface area contributed by atoms with Crippen molar-refractivity contribution in [2.45, 2.75) is 13.5 Å². The number of benzene rings is 1. The monoisotopic (exact) mass is 382 g/mol. The number of carbonyl (C=O) groups is 1. The van der Waals surface area contributed by atoms with E-state index in [1.165, 1.54) is 12.1 Å². The molecule has 122 valence electrons. The minimum atomic E-state index is -0.530. The molecule has 1 aromatic carbocycles. The zero-order valence-corrected chi connectivity index (χ0v) is 14.1. The molecule has 1 amide bonds. The second-order valence-corrected chi connectivity index (χ2v) is 5.46. The Labute approximate surface area is 142 Å². The molecule has 0 unspecified atom stereocenters. The average molecular weight is 383 g/mol. The summed E-state index contributed by atoms with van der Waals surface area (Å²) in [6, 6.07) is 7.95. The molecule has 0 aliphatic rings. The van der Waals surface area contributed by atoms with Crippen LogP contribution in [0.2, 0.25) is 0 Å². The highest BCUT2D eigenvalue weighted by atomic mass is 79.9. The highest BCUT2D eigenvalue weighted by Gasteiger charge is 2.09. The van der Waals surface area contributed by atoms with Crippen molar-refractivity contribution in [2.75, 3.05) is 13.2 Å². The first-order chi connectivity index (χ1) is 11.1. The molecule has 1 heterocycles. The highest BCUT2D eigenvalue weighted by molar-refractivity contribution is 9.10. The molecule has 0 bridgehead atoms. The van der Waals surface area contributed by atoms with E-state index in [0.29, 0.717) is 17.0 Å². The Bertz CT molecular complexity index is 682. The zero-order valence-electron chi connectivity index (χ0n) is 12.5. The molecule has 7 heteroatoms. The summed E-state index contributed by atoms with van der Waals surface area (Å²) in [7, 11) is 0. The van der Waals surface area contributed by atoms with Crippen LogP contribution in [0.15, 0.2) is 41.0 Å². The highest BCUT2D eigenvalue weighted by Crippen LogP contribution is 2.21. The van der Waals surface area contributed by atoms with Crippen LogP contribution in [0, 0.1) is 5.82 Å². The van der Waals surface area contributed by atoms with E-state index in [2.05, 4.69) is 26.2 Å². The molecule has 0 saturated heterocycles. The lowest BCUT2D eigenvalue weighted by molar-refractivity contribution is -0.123.